The lowest BCUT2D eigenvalue weighted by Gasteiger charge is -2.48. The van der Waals surface area contributed by atoms with Crippen molar-refractivity contribution < 1.29 is 28.7 Å². The Hall–Kier alpha value is -5.04. The Kier molecular flexibility index (Phi) is 8.34. The predicted molar refractivity (Wildman–Crippen MR) is 203 cm³/mol. The number of aromatic nitrogens is 2. The molecule has 1 aromatic heterocycles. The van der Waals surface area contributed by atoms with Crippen molar-refractivity contribution in [3.63, 3.8) is 0 Å². The van der Waals surface area contributed by atoms with Gasteiger partial charge in [0, 0.05) is 79.2 Å². The minimum absolute atomic E-state index is 0.0971. The van der Waals surface area contributed by atoms with Crippen molar-refractivity contribution in [3.05, 3.63) is 59.4 Å². The third kappa shape index (κ3) is 5.93. The Morgan fingerprint density at radius 1 is 0.836 bits per heavy atom. The van der Waals surface area contributed by atoms with E-state index >= 15 is 0 Å². The Labute approximate surface area is 319 Å². The topological polar surface area (TPSA) is 137 Å². The highest BCUT2D eigenvalue weighted by Gasteiger charge is 2.45. The van der Waals surface area contributed by atoms with Crippen LogP contribution < -0.4 is 19.9 Å². The monoisotopic (exact) mass is 745 g/mol. The van der Waals surface area contributed by atoms with Gasteiger partial charge in [0.1, 0.15) is 11.8 Å². The van der Waals surface area contributed by atoms with Gasteiger partial charge >= 0.3 is 0 Å². The van der Waals surface area contributed by atoms with Crippen LogP contribution in [0.15, 0.2) is 42.7 Å². The minimum atomic E-state index is -0.968. The molecule has 3 saturated heterocycles. The molecule has 13 heteroatoms. The molecule has 5 fully saturated rings. The number of hydrogen-bond donors (Lipinski definition) is 1. The van der Waals surface area contributed by atoms with Crippen molar-refractivity contribution in [2.24, 2.45) is 5.92 Å². The molecule has 5 amide bonds. The number of ether oxygens (including phenoxy) is 1. The summed E-state index contributed by atoms with van der Waals surface area (Å²) in [5.74, 6) is -0.573. The number of carbonyl (C=O) groups excluding carboxylic acids is 5. The molecule has 2 aromatic carbocycles. The second kappa shape index (κ2) is 13.3. The zero-order chi connectivity index (χ0) is 37.5. The summed E-state index contributed by atoms with van der Waals surface area (Å²) >= 11 is 0. The Bertz CT molecular complexity index is 2110. The fourth-order valence-corrected chi connectivity index (χ4v) is 9.43. The van der Waals surface area contributed by atoms with Gasteiger partial charge in [-0.3, -0.25) is 43.8 Å². The number of piperidine rings is 2. The Morgan fingerprint density at radius 2 is 1.60 bits per heavy atom. The largest absolute Gasteiger partial charge is 0.489 e. The van der Waals surface area contributed by atoms with Crippen LogP contribution in [0.4, 0.5) is 11.4 Å². The molecule has 2 atom stereocenters. The first-order valence-corrected chi connectivity index (χ1v) is 20.3. The third-order valence-electron chi connectivity index (χ3n) is 13.2. The smallest absolute Gasteiger partial charge is 0.262 e. The number of anilines is 2. The van der Waals surface area contributed by atoms with E-state index in [1.807, 2.05) is 12.3 Å². The summed E-state index contributed by atoms with van der Waals surface area (Å²) in [4.78, 5) is 71.8. The molecule has 0 bridgehead atoms. The van der Waals surface area contributed by atoms with Crippen LogP contribution in [0.1, 0.15) is 103 Å². The molecule has 55 heavy (non-hydrogen) atoms. The molecule has 5 aliphatic heterocycles. The van der Waals surface area contributed by atoms with Gasteiger partial charge in [-0.1, -0.05) is 0 Å². The molecule has 0 spiro atoms. The summed E-state index contributed by atoms with van der Waals surface area (Å²) in [6.07, 6.45) is 13.8. The summed E-state index contributed by atoms with van der Waals surface area (Å²) < 4.78 is 8.89. The third-order valence-corrected chi connectivity index (χ3v) is 13.2. The van der Waals surface area contributed by atoms with E-state index < -0.39 is 23.8 Å². The van der Waals surface area contributed by atoms with Gasteiger partial charge in [0.2, 0.25) is 17.7 Å². The highest BCUT2D eigenvalue weighted by Crippen LogP contribution is 2.46. The van der Waals surface area contributed by atoms with Crippen LogP contribution in [-0.2, 0) is 20.8 Å². The fraction of sp³-hybridized carbons (Fsp3) is 0.524. The van der Waals surface area contributed by atoms with E-state index in [2.05, 4.69) is 50.0 Å². The Balaban J connectivity index is 0.786. The highest BCUT2D eigenvalue weighted by molar-refractivity contribution is 6.23. The van der Waals surface area contributed by atoms with Gasteiger partial charge in [-0.15, -0.1) is 0 Å². The highest BCUT2D eigenvalue weighted by atomic mass is 16.5. The van der Waals surface area contributed by atoms with Crippen LogP contribution in [0, 0.1) is 5.92 Å². The van der Waals surface area contributed by atoms with Crippen molar-refractivity contribution in [1.82, 2.24) is 24.9 Å². The van der Waals surface area contributed by atoms with Crippen molar-refractivity contribution in [2.45, 2.75) is 108 Å². The van der Waals surface area contributed by atoms with E-state index in [4.69, 9.17) is 9.84 Å². The molecule has 1 N–H and O–H groups in total. The summed E-state index contributed by atoms with van der Waals surface area (Å²) in [5.41, 5.74) is 5.82. The van der Waals surface area contributed by atoms with Crippen molar-refractivity contribution in [3.8, 4) is 16.9 Å². The second-order valence-electron chi connectivity index (χ2n) is 16.7. The Morgan fingerprint density at radius 3 is 2.33 bits per heavy atom. The molecule has 2 unspecified atom stereocenters. The number of nitrogens with zero attached hydrogens (tertiary/aromatic N) is 6. The SMILES string of the molecule is CC1CCc2c(ccc(-c3cnn(C4CCN(C5CN(c6ccc7c(c6)C(=O)N(C6CCC(=O)NC6=O)C7=O)C5)CC4)c3)c2OC2CCC2)N1C(=O)C1CC1. The van der Waals surface area contributed by atoms with E-state index in [9.17, 15) is 24.0 Å². The van der Waals surface area contributed by atoms with Crippen LogP contribution in [-0.4, -0.2) is 99.5 Å². The number of likely N-dealkylation sites (tertiary alicyclic amines) is 1. The van der Waals surface area contributed by atoms with Gasteiger partial charge in [0.15, 0.2) is 0 Å². The molecule has 13 nitrogen and oxygen atoms in total. The normalized spacial score (nSPS) is 25.1. The lowest BCUT2D eigenvalue weighted by molar-refractivity contribution is -0.136. The number of hydrogen-bond acceptors (Lipinski definition) is 9. The molecule has 10 rings (SSSR count). The average Bonchev–Trinajstić information content (AvgIpc) is 3.83. The van der Waals surface area contributed by atoms with Crippen LogP contribution in [0.3, 0.4) is 0 Å². The first-order valence-electron chi connectivity index (χ1n) is 20.3. The first kappa shape index (κ1) is 34.5. The van der Waals surface area contributed by atoms with Crippen molar-refractivity contribution in [2.75, 3.05) is 36.0 Å². The molecular formula is C42H47N7O6. The molecule has 3 aromatic rings. The van der Waals surface area contributed by atoms with E-state index in [0.29, 0.717) is 23.2 Å². The number of fused-ring (bicyclic) bond motifs is 2. The molecule has 286 valence electrons. The number of carbonyl (C=O) groups is 5. The summed E-state index contributed by atoms with van der Waals surface area (Å²) in [7, 11) is 0. The number of amides is 5. The number of rotatable bonds is 8. The van der Waals surface area contributed by atoms with Crippen LogP contribution >= 0.6 is 0 Å². The van der Waals surface area contributed by atoms with E-state index in [-0.39, 0.29) is 42.7 Å². The van der Waals surface area contributed by atoms with Gasteiger partial charge in [0.25, 0.3) is 11.8 Å². The van der Waals surface area contributed by atoms with E-state index in [1.165, 1.54) is 12.0 Å². The lowest BCUT2D eigenvalue weighted by atomic mass is 9.91. The number of benzene rings is 2. The van der Waals surface area contributed by atoms with Crippen LogP contribution in [0.5, 0.6) is 5.75 Å². The maximum absolute atomic E-state index is 13.4. The predicted octanol–water partition coefficient (Wildman–Crippen LogP) is 4.49. The molecule has 0 radical (unpaired) electrons. The van der Waals surface area contributed by atoms with Gasteiger partial charge in [-0.05, 0) is 101 Å². The molecule has 6 heterocycles. The first-order chi connectivity index (χ1) is 26.7. The van der Waals surface area contributed by atoms with Gasteiger partial charge < -0.3 is 14.5 Å². The molecular weight excluding hydrogens is 699 g/mol. The zero-order valence-electron chi connectivity index (χ0n) is 31.2. The summed E-state index contributed by atoms with van der Waals surface area (Å²) in [5, 5.41) is 7.14. The van der Waals surface area contributed by atoms with Gasteiger partial charge in [-0.25, -0.2) is 0 Å². The van der Waals surface area contributed by atoms with E-state index in [0.717, 1.165) is 111 Å². The second-order valence-corrected chi connectivity index (χ2v) is 16.7. The quantitative estimate of drug-likeness (QED) is 0.331. The summed E-state index contributed by atoms with van der Waals surface area (Å²) in [6.45, 7) is 5.77. The van der Waals surface area contributed by atoms with E-state index in [1.54, 1.807) is 12.1 Å². The maximum Gasteiger partial charge on any atom is 0.262 e. The number of nitrogens with one attached hydrogen (secondary N) is 1. The summed E-state index contributed by atoms with van der Waals surface area (Å²) in [6, 6.07) is 9.55. The van der Waals surface area contributed by atoms with Gasteiger partial charge in [0.05, 0.1) is 35.2 Å². The lowest BCUT2D eigenvalue weighted by Crippen LogP contribution is -2.61. The van der Waals surface area contributed by atoms with Crippen molar-refractivity contribution in [1.29, 1.82) is 0 Å². The average molecular weight is 746 g/mol. The zero-order valence-corrected chi connectivity index (χ0v) is 31.2. The van der Waals surface area contributed by atoms with Crippen LogP contribution in [0.2, 0.25) is 0 Å². The fourth-order valence-electron chi connectivity index (χ4n) is 9.43. The maximum atomic E-state index is 13.4. The van der Waals surface area contributed by atoms with Gasteiger partial charge in [-0.2, -0.15) is 5.10 Å². The standard InChI is InChI=1S/C42H47N7O6/c1-24-5-9-33-35(48(24)40(52)25-6-7-25)12-11-31(38(33)55-30-3-2-4-30)26-20-43-47(21-26)27-15-17-45(18-16-27)29-22-46(23-29)28-8-10-32-34(19-28)42(54)49(41(32)53)36-13-14-37(50)44-39(36)51/h8,10-12,19-21,24-25,27,29-30,36H,2-7,9,13-18,22-23H2,1H3,(H,44,50,51). The minimum Gasteiger partial charge on any atom is -0.489 e. The van der Waals surface area contributed by atoms with Crippen LogP contribution in [0.25, 0.3) is 11.1 Å². The molecule has 2 aliphatic carbocycles. The van der Waals surface area contributed by atoms with Crippen molar-refractivity contribution >= 4 is 40.9 Å². The number of imide groups is 2. The molecule has 7 aliphatic rings. The molecule has 2 saturated carbocycles.